The first kappa shape index (κ1) is 16.9. The Morgan fingerprint density at radius 3 is 2.40 bits per heavy atom. The molecular weight excluding hydrogens is 286 g/mol. The molecule has 0 saturated heterocycles. The minimum atomic E-state index is -0.826. The minimum absolute atomic E-state index is 0. The quantitative estimate of drug-likeness (QED) is 0.882. The lowest BCUT2D eigenvalue weighted by molar-refractivity contribution is 0.0921. The highest BCUT2D eigenvalue weighted by Crippen LogP contribution is 2.19. The van der Waals surface area contributed by atoms with Crippen molar-refractivity contribution < 1.29 is 13.6 Å². The van der Waals surface area contributed by atoms with Crippen molar-refractivity contribution in [3.8, 4) is 0 Å². The number of carbonyl (C=O) groups excluding carboxylic acids is 1. The Labute approximate surface area is 123 Å². The molecule has 0 aliphatic heterocycles. The van der Waals surface area contributed by atoms with E-state index < -0.39 is 17.5 Å². The van der Waals surface area contributed by atoms with Crippen molar-refractivity contribution in [1.82, 2.24) is 5.32 Å². The predicted octanol–water partition coefficient (Wildman–Crippen LogP) is 2.69. The highest BCUT2D eigenvalue weighted by atomic mass is 35.5. The number of amides is 1. The number of halogens is 3. The first-order chi connectivity index (χ1) is 8.97. The highest BCUT2D eigenvalue weighted by Gasteiger charge is 2.22. The molecule has 0 spiro atoms. The molecule has 1 saturated carbocycles. The van der Waals surface area contributed by atoms with Gasteiger partial charge in [-0.2, -0.15) is 0 Å². The molecule has 2 rings (SSSR count). The average Bonchev–Trinajstić information content (AvgIpc) is 2.36. The summed E-state index contributed by atoms with van der Waals surface area (Å²) in [5.41, 5.74) is 5.94. The van der Waals surface area contributed by atoms with E-state index in [2.05, 4.69) is 5.32 Å². The Bertz CT molecular complexity index is 488. The fourth-order valence-corrected chi connectivity index (χ4v) is 2.36. The summed E-state index contributed by atoms with van der Waals surface area (Å²) in [6.07, 6.45) is 3.31. The van der Waals surface area contributed by atoms with Crippen LogP contribution in [0.4, 0.5) is 8.78 Å². The number of hydrogen-bond donors (Lipinski definition) is 2. The van der Waals surface area contributed by atoms with Crippen LogP contribution in [-0.4, -0.2) is 18.0 Å². The van der Waals surface area contributed by atoms with Crippen LogP contribution in [0.25, 0.3) is 0 Å². The van der Waals surface area contributed by atoms with Gasteiger partial charge in [0.05, 0.1) is 5.56 Å². The van der Waals surface area contributed by atoms with Gasteiger partial charge >= 0.3 is 0 Å². The fourth-order valence-electron chi connectivity index (χ4n) is 2.36. The molecule has 20 heavy (non-hydrogen) atoms. The van der Waals surface area contributed by atoms with E-state index in [-0.39, 0.29) is 35.6 Å². The third-order valence-electron chi connectivity index (χ3n) is 3.60. The summed E-state index contributed by atoms with van der Waals surface area (Å²) in [5, 5.41) is 2.79. The first-order valence-electron chi connectivity index (χ1n) is 6.49. The summed E-state index contributed by atoms with van der Waals surface area (Å²) in [6.45, 7) is 1.51. The van der Waals surface area contributed by atoms with E-state index in [1.807, 2.05) is 0 Å². The van der Waals surface area contributed by atoms with Crippen LogP contribution in [0.5, 0.6) is 0 Å². The Kier molecular flexibility index (Phi) is 5.89. The van der Waals surface area contributed by atoms with Crippen LogP contribution in [-0.2, 0) is 0 Å². The van der Waals surface area contributed by atoms with Crippen molar-refractivity contribution in [3.63, 3.8) is 0 Å². The molecule has 1 aliphatic rings. The van der Waals surface area contributed by atoms with Gasteiger partial charge in [0.1, 0.15) is 11.6 Å². The Balaban J connectivity index is 0.00000200. The van der Waals surface area contributed by atoms with E-state index in [4.69, 9.17) is 5.73 Å². The summed E-state index contributed by atoms with van der Waals surface area (Å²) in [6, 6.07) is 2.21. The number of rotatable bonds is 2. The van der Waals surface area contributed by atoms with E-state index in [1.54, 1.807) is 0 Å². The standard InChI is InChI=1S/C14H18F2N2O.ClH/c1-8-6-11(13(16)7-12(8)15)14(19)18-10-4-2-9(17)3-5-10;/h6-7,9-10H,2-5,17H2,1H3,(H,18,19);1H. The van der Waals surface area contributed by atoms with E-state index in [9.17, 15) is 13.6 Å². The third-order valence-corrected chi connectivity index (χ3v) is 3.60. The molecule has 112 valence electrons. The van der Waals surface area contributed by atoms with Crippen LogP contribution in [0.3, 0.4) is 0 Å². The summed E-state index contributed by atoms with van der Waals surface area (Å²) in [7, 11) is 0. The molecule has 1 fully saturated rings. The van der Waals surface area contributed by atoms with Gasteiger partial charge in [0, 0.05) is 18.2 Å². The van der Waals surface area contributed by atoms with Crippen LogP contribution >= 0.6 is 12.4 Å². The van der Waals surface area contributed by atoms with Crippen LogP contribution < -0.4 is 11.1 Å². The fraction of sp³-hybridized carbons (Fsp3) is 0.500. The van der Waals surface area contributed by atoms with Gasteiger partial charge in [-0.1, -0.05) is 0 Å². The number of nitrogens with two attached hydrogens (primary N) is 1. The smallest absolute Gasteiger partial charge is 0.254 e. The molecule has 0 atom stereocenters. The minimum Gasteiger partial charge on any atom is -0.349 e. The molecule has 1 aliphatic carbocycles. The van der Waals surface area contributed by atoms with E-state index in [0.29, 0.717) is 0 Å². The molecule has 0 bridgehead atoms. The maximum atomic E-state index is 13.6. The molecule has 3 N–H and O–H groups in total. The van der Waals surface area contributed by atoms with Gasteiger partial charge in [-0.25, -0.2) is 8.78 Å². The first-order valence-corrected chi connectivity index (χ1v) is 6.49. The van der Waals surface area contributed by atoms with Crippen molar-refractivity contribution in [3.05, 3.63) is 34.9 Å². The van der Waals surface area contributed by atoms with E-state index >= 15 is 0 Å². The molecule has 1 aromatic carbocycles. The van der Waals surface area contributed by atoms with Gasteiger partial charge in [0.2, 0.25) is 0 Å². The van der Waals surface area contributed by atoms with Gasteiger partial charge in [-0.05, 0) is 44.2 Å². The van der Waals surface area contributed by atoms with Crippen LogP contribution in [0.2, 0.25) is 0 Å². The largest absolute Gasteiger partial charge is 0.349 e. The number of nitrogens with one attached hydrogen (secondary N) is 1. The Morgan fingerprint density at radius 1 is 1.20 bits per heavy atom. The van der Waals surface area contributed by atoms with Gasteiger partial charge in [-0.15, -0.1) is 12.4 Å². The number of hydrogen-bond acceptors (Lipinski definition) is 2. The van der Waals surface area contributed by atoms with Crippen molar-refractivity contribution in [2.24, 2.45) is 5.73 Å². The summed E-state index contributed by atoms with van der Waals surface area (Å²) in [4.78, 5) is 12.0. The highest BCUT2D eigenvalue weighted by molar-refractivity contribution is 5.94. The molecular formula is C14H19ClF2N2O. The molecule has 6 heteroatoms. The second-order valence-corrected chi connectivity index (χ2v) is 5.17. The van der Waals surface area contributed by atoms with Crippen molar-refractivity contribution in [2.45, 2.75) is 44.7 Å². The van der Waals surface area contributed by atoms with Crippen molar-refractivity contribution >= 4 is 18.3 Å². The SMILES string of the molecule is Cc1cc(C(=O)NC2CCC(N)CC2)c(F)cc1F.Cl. The number of carbonyl (C=O) groups is 1. The predicted molar refractivity (Wildman–Crippen MR) is 76.0 cm³/mol. The summed E-state index contributed by atoms with van der Waals surface area (Å²) >= 11 is 0. The second-order valence-electron chi connectivity index (χ2n) is 5.17. The van der Waals surface area contributed by atoms with E-state index in [0.717, 1.165) is 31.7 Å². The van der Waals surface area contributed by atoms with Crippen molar-refractivity contribution in [2.75, 3.05) is 0 Å². The molecule has 1 aromatic rings. The third kappa shape index (κ3) is 3.90. The van der Waals surface area contributed by atoms with Crippen LogP contribution in [0.1, 0.15) is 41.6 Å². The van der Waals surface area contributed by atoms with Crippen molar-refractivity contribution in [1.29, 1.82) is 0 Å². The maximum absolute atomic E-state index is 13.6. The van der Waals surface area contributed by atoms with Crippen LogP contribution in [0, 0.1) is 18.6 Å². The lowest BCUT2D eigenvalue weighted by Gasteiger charge is -2.26. The van der Waals surface area contributed by atoms with Crippen LogP contribution in [0.15, 0.2) is 12.1 Å². The molecule has 0 radical (unpaired) electrons. The van der Waals surface area contributed by atoms with Gasteiger partial charge < -0.3 is 11.1 Å². The zero-order valence-electron chi connectivity index (χ0n) is 11.3. The summed E-state index contributed by atoms with van der Waals surface area (Å²) in [5.74, 6) is -1.95. The average molecular weight is 305 g/mol. The molecule has 3 nitrogen and oxygen atoms in total. The summed E-state index contributed by atoms with van der Waals surface area (Å²) < 4.78 is 26.7. The van der Waals surface area contributed by atoms with Gasteiger partial charge in [0.25, 0.3) is 5.91 Å². The number of benzene rings is 1. The molecule has 0 heterocycles. The Morgan fingerprint density at radius 2 is 1.80 bits per heavy atom. The Hall–Kier alpha value is -1.20. The normalized spacial score (nSPS) is 22.0. The van der Waals surface area contributed by atoms with Gasteiger partial charge in [-0.3, -0.25) is 4.79 Å². The van der Waals surface area contributed by atoms with E-state index in [1.165, 1.54) is 13.0 Å². The zero-order valence-corrected chi connectivity index (χ0v) is 12.1. The lowest BCUT2D eigenvalue weighted by atomic mass is 9.91. The molecule has 0 unspecified atom stereocenters. The lowest BCUT2D eigenvalue weighted by Crippen LogP contribution is -2.40. The maximum Gasteiger partial charge on any atom is 0.254 e. The van der Waals surface area contributed by atoms with Gasteiger partial charge in [0.15, 0.2) is 0 Å². The zero-order chi connectivity index (χ0) is 14.0. The molecule has 0 aromatic heterocycles. The second kappa shape index (κ2) is 6.99. The number of aryl methyl sites for hydroxylation is 1. The molecule has 1 amide bonds. The topological polar surface area (TPSA) is 55.1 Å². The monoisotopic (exact) mass is 304 g/mol.